The van der Waals surface area contributed by atoms with E-state index in [0.717, 1.165) is 9.71 Å². The summed E-state index contributed by atoms with van der Waals surface area (Å²) in [5, 5.41) is 9.92. The molecule has 0 saturated carbocycles. The summed E-state index contributed by atoms with van der Waals surface area (Å²) in [5.74, 6) is -0.502. The normalized spacial score (nSPS) is 21.2. The third kappa shape index (κ3) is 3.84. The largest absolute Gasteiger partial charge is 0.465 e. The minimum Gasteiger partial charge on any atom is -0.465 e. The third-order valence-corrected chi connectivity index (χ3v) is 5.12. The third-order valence-electron chi connectivity index (χ3n) is 3.65. The van der Waals surface area contributed by atoms with Crippen molar-refractivity contribution in [1.82, 2.24) is 9.21 Å². The van der Waals surface area contributed by atoms with E-state index in [1.807, 2.05) is 0 Å². The molecule has 0 aromatic heterocycles. The Morgan fingerprint density at radius 1 is 1.29 bits per heavy atom. The first-order valence-corrected chi connectivity index (χ1v) is 8.30. The van der Waals surface area contributed by atoms with Crippen molar-refractivity contribution in [2.75, 3.05) is 19.6 Å². The number of rotatable bonds is 3. The van der Waals surface area contributed by atoms with Crippen molar-refractivity contribution in [2.24, 2.45) is 5.92 Å². The predicted octanol–water partition coefficient (Wildman–Crippen LogP) is 1.01. The lowest BCUT2D eigenvalue weighted by Gasteiger charge is -2.28. The van der Waals surface area contributed by atoms with E-state index in [4.69, 9.17) is 5.11 Å². The highest BCUT2D eigenvalue weighted by Crippen LogP contribution is 2.20. The molecule has 116 valence electrons. The summed E-state index contributed by atoms with van der Waals surface area (Å²) in [7, 11) is -3.74. The molecule has 0 radical (unpaired) electrons. The summed E-state index contributed by atoms with van der Waals surface area (Å²) >= 11 is 0. The quantitative estimate of drug-likeness (QED) is 0.839. The van der Waals surface area contributed by atoms with E-state index >= 15 is 0 Å². The number of carboxylic acid groups (broad SMARTS) is 1. The summed E-state index contributed by atoms with van der Waals surface area (Å²) in [6.07, 6.45) is 5.24. The van der Waals surface area contributed by atoms with Crippen molar-refractivity contribution in [3.8, 4) is 0 Å². The van der Waals surface area contributed by atoms with Gasteiger partial charge in [0.15, 0.2) is 0 Å². The van der Waals surface area contributed by atoms with Crippen LogP contribution in [0.5, 0.6) is 0 Å². The Bertz CT molecular complexity index is 573. The molecule has 2 aliphatic heterocycles. The topological polar surface area (TPSA) is 95.0 Å². The zero-order valence-corrected chi connectivity index (χ0v) is 12.3. The van der Waals surface area contributed by atoms with Gasteiger partial charge >= 0.3 is 6.09 Å². The molecule has 0 atom stereocenters. The SMILES string of the molecule is O=C(O)N1CCC(/C=C/S(=O)(=O)N2CCC=CC2=O)CC1. The number of likely N-dealkylation sites (tertiary alicyclic amines) is 1. The van der Waals surface area contributed by atoms with Crippen LogP contribution in [-0.2, 0) is 14.8 Å². The van der Waals surface area contributed by atoms with E-state index in [0.29, 0.717) is 32.4 Å². The molecular weight excluding hydrogens is 296 g/mol. The van der Waals surface area contributed by atoms with Crippen molar-refractivity contribution in [3.05, 3.63) is 23.6 Å². The molecule has 1 saturated heterocycles. The average Bonchev–Trinajstić information content (AvgIpc) is 2.46. The minimum atomic E-state index is -3.74. The van der Waals surface area contributed by atoms with Gasteiger partial charge in [-0.05, 0) is 25.2 Å². The molecule has 8 heteroatoms. The Morgan fingerprint density at radius 2 is 1.95 bits per heavy atom. The summed E-state index contributed by atoms with van der Waals surface area (Å²) in [5.41, 5.74) is 0. The van der Waals surface area contributed by atoms with E-state index in [2.05, 4.69) is 0 Å². The summed E-state index contributed by atoms with van der Waals surface area (Å²) in [4.78, 5) is 23.7. The van der Waals surface area contributed by atoms with Crippen molar-refractivity contribution >= 4 is 22.0 Å². The van der Waals surface area contributed by atoms with Crippen LogP contribution in [0.3, 0.4) is 0 Å². The first-order chi connectivity index (χ1) is 9.90. The second kappa shape index (κ2) is 6.30. The second-order valence-electron chi connectivity index (χ2n) is 5.08. The maximum absolute atomic E-state index is 12.1. The predicted molar refractivity (Wildman–Crippen MR) is 75.9 cm³/mol. The maximum Gasteiger partial charge on any atom is 0.407 e. The van der Waals surface area contributed by atoms with Crippen molar-refractivity contribution < 1.29 is 23.1 Å². The van der Waals surface area contributed by atoms with Gasteiger partial charge in [0, 0.05) is 31.1 Å². The van der Waals surface area contributed by atoms with Gasteiger partial charge in [0.25, 0.3) is 15.9 Å². The number of carbonyl (C=O) groups excluding carboxylic acids is 1. The van der Waals surface area contributed by atoms with E-state index in [1.54, 1.807) is 12.2 Å². The van der Waals surface area contributed by atoms with Gasteiger partial charge in [-0.15, -0.1) is 0 Å². The number of sulfonamides is 1. The molecule has 0 bridgehead atoms. The Labute approximate surface area is 123 Å². The van der Waals surface area contributed by atoms with E-state index in [9.17, 15) is 18.0 Å². The molecule has 2 heterocycles. The van der Waals surface area contributed by atoms with Gasteiger partial charge in [-0.2, -0.15) is 0 Å². The fourth-order valence-corrected chi connectivity index (χ4v) is 3.63. The van der Waals surface area contributed by atoms with Gasteiger partial charge in [-0.25, -0.2) is 17.5 Å². The fraction of sp³-hybridized carbons (Fsp3) is 0.538. The zero-order chi connectivity index (χ0) is 15.5. The number of nitrogens with zero attached hydrogens (tertiary/aromatic N) is 2. The van der Waals surface area contributed by atoms with Gasteiger partial charge in [0.2, 0.25) is 0 Å². The van der Waals surface area contributed by atoms with Crippen molar-refractivity contribution in [3.63, 3.8) is 0 Å². The highest BCUT2D eigenvalue weighted by molar-refractivity contribution is 7.92. The number of allylic oxidation sites excluding steroid dienone is 1. The summed E-state index contributed by atoms with van der Waals surface area (Å²) in [6.45, 7) is 0.963. The van der Waals surface area contributed by atoms with Gasteiger partial charge in [0.1, 0.15) is 0 Å². The van der Waals surface area contributed by atoms with Crippen LogP contribution in [-0.4, -0.2) is 54.4 Å². The molecule has 2 aliphatic rings. The number of carbonyl (C=O) groups is 2. The lowest BCUT2D eigenvalue weighted by atomic mass is 9.97. The van der Waals surface area contributed by atoms with Crippen molar-refractivity contribution in [2.45, 2.75) is 19.3 Å². The van der Waals surface area contributed by atoms with E-state index in [1.165, 1.54) is 11.0 Å². The van der Waals surface area contributed by atoms with Crippen LogP contribution in [0, 0.1) is 5.92 Å². The van der Waals surface area contributed by atoms with Crippen LogP contribution < -0.4 is 0 Å². The second-order valence-corrected chi connectivity index (χ2v) is 6.82. The highest BCUT2D eigenvalue weighted by atomic mass is 32.2. The highest BCUT2D eigenvalue weighted by Gasteiger charge is 2.26. The molecule has 7 nitrogen and oxygen atoms in total. The van der Waals surface area contributed by atoms with Crippen LogP contribution in [0.15, 0.2) is 23.6 Å². The number of piperidine rings is 1. The Balaban J connectivity index is 1.96. The lowest BCUT2D eigenvalue weighted by molar-refractivity contribution is -0.121. The lowest BCUT2D eigenvalue weighted by Crippen LogP contribution is -2.38. The summed E-state index contributed by atoms with van der Waals surface area (Å²) in [6, 6.07) is 0. The standard InChI is InChI=1S/C13H18N2O5S/c16-12-3-1-2-7-15(12)21(19,20)10-6-11-4-8-14(9-5-11)13(17)18/h1,3,6,10-11H,2,4-5,7-9H2,(H,17,18)/b10-6+. The Kier molecular flexibility index (Phi) is 4.66. The number of amides is 2. The molecule has 1 N–H and O–H groups in total. The minimum absolute atomic E-state index is 0.0193. The zero-order valence-electron chi connectivity index (χ0n) is 11.5. The Hall–Kier alpha value is -1.83. The molecule has 0 aromatic carbocycles. The molecular formula is C13H18N2O5S. The number of hydrogen-bond donors (Lipinski definition) is 1. The molecule has 0 aromatic rings. The monoisotopic (exact) mass is 314 g/mol. The van der Waals surface area contributed by atoms with Crippen LogP contribution in [0.4, 0.5) is 4.79 Å². The first kappa shape index (κ1) is 15.6. The molecule has 0 spiro atoms. The van der Waals surface area contributed by atoms with Gasteiger partial charge < -0.3 is 10.0 Å². The van der Waals surface area contributed by atoms with Gasteiger partial charge in [0.05, 0.1) is 0 Å². The van der Waals surface area contributed by atoms with E-state index < -0.39 is 22.0 Å². The van der Waals surface area contributed by atoms with Gasteiger partial charge in [-0.3, -0.25) is 4.79 Å². The fourth-order valence-electron chi connectivity index (χ4n) is 2.39. The van der Waals surface area contributed by atoms with Crippen LogP contribution >= 0.6 is 0 Å². The summed E-state index contributed by atoms with van der Waals surface area (Å²) < 4.78 is 25.0. The molecule has 0 aliphatic carbocycles. The molecule has 1 fully saturated rings. The average molecular weight is 314 g/mol. The Morgan fingerprint density at radius 3 is 2.52 bits per heavy atom. The van der Waals surface area contributed by atoms with E-state index in [-0.39, 0.29) is 12.5 Å². The number of hydrogen-bond acceptors (Lipinski definition) is 4. The van der Waals surface area contributed by atoms with Crippen molar-refractivity contribution in [1.29, 1.82) is 0 Å². The van der Waals surface area contributed by atoms with Gasteiger partial charge in [-0.1, -0.05) is 12.2 Å². The molecule has 0 unspecified atom stereocenters. The smallest absolute Gasteiger partial charge is 0.407 e. The van der Waals surface area contributed by atoms with Crippen LogP contribution in [0.2, 0.25) is 0 Å². The molecule has 2 rings (SSSR count). The molecule has 2 amide bonds. The maximum atomic E-state index is 12.1. The molecule has 21 heavy (non-hydrogen) atoms. The first-order valence-electron chi connectivity index (χ1n) is 6.79. The van der Waals surface area contributed by atoms with Crippen LogP contribution in [0.1, 0.15) is 19.3 Å². The van der Waals surface area contributed by atoms with Crippen LogP contribution in [0.25, 0.3) is 0 Å².